The summed E-state index contributed by atoms with van der Waals surface area (Å²) in [6, 6.07) is 5.26. The van der Waals surface area contributed by atoms with E-state index in [-0.39, 0.29) is 12.5 Å². The van der Waals surface area contributed by atoms with Crippen LogP contribution >= 0.6 is 11.7 Å². The molecule has 10 heteroatoms. The summed E-state index contributed by atoms with van der Waals surface area (Å²) in [5.74, 6) is 2.03. The van der Waals surface area contributed by atoms with Crippen LogP contribution in [0.5, 0.6) is 17.4 Å². The molecule has 3 heterocycles. The first kappa shape index (κ1) is 16.9. The van der Waals surface area contributed by atoms with Crippen LogP contribution in [0, 0.1) is 0 Å². The number of anilines is 2. The van der Waals surface area contributed by atoms with Crippen LogP contribution in [0.3, 0.4) is 0 Å². The number of carbonyl (C=O) groups is 1. The van der Waals surface area contributed by atoms with Crippen LogP contribution in [0.2, 0.25) is 0 Å². The van der Waals surface area contributed by atoms with Crippen molar-refractivity contribution in [2.45, 2.75) is 0 Å². The second kappa shape index (κ2) is 7.75. The Balaban J connectivity index is 1.34. The average molecular weight is 378 g/mol. The van der Waals surface area contributed by atoms with Crippen LogP contribution in [0.15, 0.2) is 18.2 Å². The predicted molar refractivity (Wildman–Crippen MR) is 94.5 cm³/mol. The standard InChI is InChI=1S/C16H18N4O5S/c21-14(17-11-1-2-12-13(9-11)24-8-7-23-12)10-25-16-15(18-26-19-16)20-3-5-22-6-4-20/h1-2,9H,3-8,10H2,(H,17,21). The van der Waals surface area contributed by atoms with Gasteiger partial charge in [0.2, 0.25) is 5.82 Å². The average Bonchev–Trinajstić information content (AvgIpc) is 3.16. The molecule has 1 saturated heterocycles. The molecule has 1 fully saturated rings. The Hall–Kier alpha value is -2.59. The van der Waals surface area contributed by atoms with Gasteiger partial charge in [-0.1, -0.05) is 0 Å². The number of rotatable bonds is 5. The smallest absolute Gasteiger partial charge is 0.271 e. The Kier molecular flexibility index (Phi) is 5.02. The molecule has 0 atom stereocenters. The lowest BCUT2D eigenvalue weighted by molar-refractivity contribution is -0.118. The number of aromatic nitrogens is 2. The maximum absolute atomic E-state index is 12.2. The van der Waals surface area contributed by atoms with Crippen molar-refractivity contribution in [1.29, 1.82) is 0 Å². The number of morpholine rings is 1. The molecule has 9 nitrogen and oxygen atoms in total. The molecule has 2 aliphatic heterocycles. The van der Waals surface area contributed by atoms with Gasteiger partial charge in [-0.15, -0.1) is 4.37 Å². The van der Waals surface area contributed by atoms with Crippen molar-refractivity contribution in [3.8, 4) is 17.4 Å². The van der Waals surface area contributed by atoms with Gasteiger partial charge in [-0.2, -0.15) is 4.37 Å². The summed E-state index contributed by atoms with van der Waals surface area (Å²) >= 11 is 1.06. The highest BCUT2D eigenvalue weighted by atomic mass is 32.1. The summed E-state index contributed by atoms with van der Waals surface area (Å²) in [4.78, 5) is 14.2. The maximum Gasteiger partial charge on any atom is 0.271 e. The third-order valence-corrected chi connectivity index (χ3v) is 4.42. The Morgan fingerprint density at radius 3 is 2.81 bits per heavy atom. The van der Waals surface area contributed by atoms with Crippen LogP contribution in [0.4, 0.5) is 11.5 Å². The summed E-state index contributed by atoms with van der Waals surface area (Å²) < 4.78 is 30.3. The van der Waals surface area contributed by atoms with Crippen LogP contribution < -0.4 is 24.4 Å². The number of ether oxygens (including phenoxy) is 4. The van der Waals surface area contributed by atoms with E-state index in [2.05, 4.69) is 14.1 Å². The molecule has 0 aliphatic carbocycles. The van der Waals surface area contributed by atoms with Crippen molar-refractivity contribution >= 4 is 29.1 Å². The van der Waals surface area contributed by atoms with Crippen molar-refractivity contribution in [3.05, 3.63) is 18.2 Å². The molecule has 1 aromatic heterocycles. The van der Waals surface area contributed by atoms with Crippen molar-refractivity contribution in [2.24, 2.45) is 0 Å². The number of carbonyl (C=O) groups excluding carboxylic acids is 1. The highest BCUT2D eigenvalue weighted by Crippen LogP contribution is 2.32. The van der Waals surface area contributed by atoms with E-state index < -0.39 is 0 Å². The van der Waals surface area contributed by atoms with Gasteiger partial charge in [-0.3, -0.25) is 4.79 Å². The molecule has 0 saturated carbocycles. The molecule has 1 N–H and O–H groups in total. The van der Waals surface area contributed by atoms with Crippen LogP contribution in [-0.4, -0.2) is 60.8 Å². The normalized spacial score (nSPS) is 16.2. The molecule has 0 bridgehead atoms. The number of fused-ring (bicyclic) bond motifs is 1. The van der Waals surface area contributed by atoms with E-state index in [0.29, 0.717) is 55.3 Å². The lowest BCUT2D eigenvalue weighted by Crippen LogP contribution is -2.36. The monoisotopic (exact) mass is 378 g/mol. The fourth-order valence-corrected chi connectivity index (χ4v) is 3.21. The number of benzene rings is 1. The van der Waals surface area contributed by atoms with E-state index >= 15 is 0 Å². The van der Waals surface area contributed by atoms with Gasteiger partial charge in [0.25, 0.3) is 11.8 Å². The summed E-state index contributed by atoms with van der Waals surface area (Å²) in [6.07, 6.45) is 0. The van der Waals surface area contributed by atoms with Crippen LogP contribution in [-0.2, 0) is 9.53 Å². The lowest BCUT2D eigenvalue weighted by atomic mass is 10.2. The van der Waals surface area contributed by atoms with E-state index in [1.54, 1.807) is 18.2 Å². The summed E-state index contributed by atoms with van der Waals surface area (Å²) in [5, 5.41) is 2.78. The van der Waals surface area contributed by atoms with E-state index in [9.17, 15) is 4.79 Å². The lowest BCUT2D eigenvalue weighted by Gasteiger charge is -2.26. The van der Waals surface area contributed by atoms with Gasteiger partial charge in [0.15, 0.2) is 18.1 Å². The fraction of sp³-hybridized carbons (Fsp3) is 0.438. The Morgan fingerprint density at radius 1 is 1.15 bits per heavy atom. The minimum absolute atomic E-state index is 0.156. The summed E-state index contributed by atoms with van der Waals surface area (Å²) in [5.41, 5.74) is 0.618. The third-order valence-electron chi connectivity index (χ3n) is 3.92. The first-order valence-electron chi connectivity index (χ1n) is 8.27. The van der Waals surface area contributed by atoms with E-state index in [1.807, 2.05) is 4.90 Å². The zero-order valence-electron chi connectivity index (χ0n) is 14.0. The Labute approximate surface area is 154 Å². The zero-order chi connectivity index (χ0) is 17.8. The van der Waals surface area contributed by atoms with Gasteiger partial charge in [0.05, 0.1) is 24.9 Å². The fourth-order valence-electron chi connectivity index (χ4n) is 2.69. The zero-order valence-corrected chi connectivity index (χ0v) is 14.8. The van der Waals surface area contributed by atoms with Gasteiger partial charge in [0, 0.05) is 24.8 Å². The molecule has 0 unspecified atom stereocenters. The molecule has 26 heavy (non-hydrogen) atoms. The van der Waals surface area contributed by atoms with E-state index in [0.717, 1.165) is 24.8 Å². The first-order valence-corrected chi connectivity index (χ1v) is 9.00. The van der Waals surface area contributed by atoms with Gasteiger partial charge < -0.3 is 29.2 Å². The molecule has 4 rings (SSSR count). The van der Waals surface area contributed by atoms with Crippen molar-refractivity contribution < 1.29 is 23.7 Å². The van der Waals surface area contributed by atoms with Gasteiger partial charge in [0.1, 0.15) is 13.2 Å². The summed E-state index contributed by atoms with van der Waals surface area (Å²) in [6.45, 7) is 3.60. The topological polar surface area (TPSA) is 95.0 Å². The van der Waals surface area contributed by atoms with Crippen molar-refractivity contribution in [2.75, 3.05) is 56.3 Å². The molecule has 0 spiro atoms. The molecule has 138 valence electrons. The second-order valence-corrected chi connectivity index (χ2v) is 6.22. The molecule has 0 radical (unpaired) electrons. The second-order valence-electron chi connectivity index (χ2n) is 5.69. The molecule has 1 aromatic carbocycles. The van der Waals surface area contributed by atoms with Gasteiger partial charge >= 0.3 is 0 Å². The minimum atomic E-state index is -0.289. The molecular formula is C16H18N4O5S. The predicted octanol–water partition coefficient (Wildman–Crippen LogP) is 1.16. The first-order chi connectivity index (χ1) is 12.8. The third kappa shape index (κ3) is 3.81. The maximum atomic E-state index is 12.2. The number of hydrogen-bond donors (Lipinski definition) is 1. The minimum Gasteiger partial charge on any atom is -0.486 e. The van der Waals surface area contributed by atoms with E-state index in [1.165, 1.54) is 0 Å². The Morgan fingerprint density at radius 2 is 1.96 bits per heavy atom. The van der Waals surface area contributed by atoms with Crippen molar-refractivity contribution in [3.63, 3.8) is 0 Å². The molecule has 1 amide bonds. The molecular weight excluding hydrogens is 360 g/mol. The van der Waals surface area contributed by atoms with Crippen LogP contribution in [0.25, 0.3) is 0 Å². The Bertz CT molecular complexity index is 778. The number of hydrogen-bond acceptors (Lipinski definition) is 9. The summed E-state index contributed by atoms with van der Waals surface area (Å²) in [7, 11) is 0. The highest BCUT2D eigenvalue weighted by molar-refractivity contribution is 6.99. The number of amides is 1. The quantitative estimate of drug-likeness (QED) is 0.828. The number of nitrogens with one attached hydrogen (secondary N) is 1. The van der Waals surface area contributed by atoms with E-state index in [4.69, 9.17) is 18.9 Å². The number of nitrogens with zero attached hydrogens (tertiary/aromatic N) is 3. The highest BCUT2D eigenvalue weighted by Gasteiger charge is 2.20. The van der Waals surface area contributed by atoms with Gasteiger partial charge in [-0.05, 0) is 12.1 Å². The molecule has 2 aromatic rings. The SMILES string of the molecule is O=C(COc1nsnc1N1CCOCC1)Nc1ccc2c(c1)OCCO2. The largest absolute Gasteiger partial charge is 0.486 e. The van der Waals surface area contributed by atoms with Gasteiger partial charge in [-0.25, -0.2) is 0 Å². The van der Waals surface area contributed by atoms with Crippen LogP contribution in [0.1, 0.15) is 0 Å². The van der Waals surface area contributed by atoms with Crippen molar-refractivity contribution in [1.82, 2.24) is 8.75 Å². The molecule has 2 aliphatic rings.